The van der Waals surface area contributed by atoms with Crippen molar-refractivity contribution in [1.29, 1.82) is 0 Å². The van der Waals surface area contributed by atoms with E-state index in [1.807, 2.05) is 24.3 Å². The highest BCUT2D eigenvalue weighted by Gasteiger charge is 2.14. The SMILES string of the molecule is NS(=O)(=O)c1ccc(Nc2cnn(-c3nc4ccccc4[nH]3)c(=O)c2Cl)cc1. The van der Waals surface area contributed by atoms with Crippen molar-refractivity contribution in [2.75, 3.05) is 5.32 Å². The molecule has 28 heavy (non-hydrogen) atoms. The molecule has 0 unspecified atom stereocenters. The van der Waals surface area contributed by atoms with Gasteiger partial charge in [-0.15, -0.1) is 0 Å². The van der Waals surface area contributed by atoms with Crippen LogP contribution in [0.1, 0.15) is 0 Å². The second-order valence-corrected chi connectivity index (χ2v) is 7.80. The summed E-state index contributed by atoms with van der Waals surface area (Å²) in [6, 6.07) is 13.0. The number of halogens is 1. The third kappa shape index (κ3) is 3.36. The third-order valence-corrected chi connectivity index (χ3v) is 5.25. The Morgan fingerprint density at radius 2 is 1.82 bits per heavy atom. The molecule has 0 aliphatic carbocycles. The number of aromatic nitrogens is 4. The number of benzene rings is 2. The van der Waals surface area contributed by atoms with Crippen molar-refractivity contribution in [1.82, 2.24) is 19.7 Å². The summed E-state index contributed by atoms with van der Waals surface area (Å²) in [5.74, 6) is 0.247. The summed E-state index contributed by atoms with van der Waals surface area (Å²) in [7, 11) is -3.78. The Bertz CT molecular complexity index is 1310. The molecule has 0 atom stereocenters. The van der Waals surface area contributed by atoms with Gasteiger partial charge in [0.25, 0.3) is 5.56 Å². The molecule has 2 aromatic heterocycles. The van der Waals surface area contributed by atoms with E-state index in [4.69, 9.17) is 16.7 Å². The molecule has 0 bridgehead atoms. The van der Waals surface area contributed by atoms with Crippen LogP contribution in [-0.2, 0) is 10.0 Å². The summed E-state index contributed by atoms with van der Waals surface area (Å²) in [5.41, 5.74) is 1.67. The van der Waals surface area contributed by atoms with Crippen LogP contribution in [0.2, 0.25) is 5.02 Å². The van der Waals surface area contributed by atoms with Crippen molar-refractivity contribution in [2.24, 2.45) is 5.14 Å². The van der Waals surface area contributed by atoms with Crippen molar-refractivity contribution in [3.63, 3.8) is 0 Å². The molecule has 0 fully saturated rings. The fourth-order valence-electron chi connectivity index (χ4n) is 2.59. The first-order valence-electron chi connectivity index (χ1n) is 7.96. The second kappa shape index (κ2) is 6.75. The molecule has 4 rings (SSSR count). The Labute approximate surface area is 163 Å². The van der Waals surface area contributed by atoms with E-state index in [2.05, 4.69) is 20.4 Å². The molecule has 0 radical (unpaired) electrons. The fourth-order valence-corrected chi connectivity index (χ4v) is 3.29. The lowest BCUT2D eigenvalue weighted by molar-refractivity contribution is 0.598. The monoisotopic (exact) mass is 416 g/mol. The number of primary sulfonamides is 1. The highest BCUT2D eigenvalue weighted by Crippen LogP contribution is 2.23. The summed E-state index contributed by atoms with van der Waals surface area (Å²) >= 11 is 6.21. The molecule has 4 N–H and O–H groups in total. The number of para-hydroxylation sites is 2. The maximum Gasteiger partial charge on any atom is 0.295 e. The molecule has 0 amide bonds. The lowest BCUT2D eigenvalue weighted by atomic mass is 10.3. The van der Waals surface area contributed by atoms with Gasteiger partial charge in [0.2, 0.25) is 16.0 Å². The number of fused-ring (bicyclic) bond motifs is 1. The van der Waals surface area contributed by atoms with Crippen LogP contribution in [0.4, 0.5) is 11.4 Å². The van der Waals surface area contributed by atoms with E-state index in [-0.39, 0.29) is 21.6 Å². The van der Waals surface area contributed by atoms with Crippen molar-refractivity contribution < 1.29 is 8.42 Å². The summed E-state index contributed by atoms with van der Waals surface area (Å²) in [6.07, 6.45) is 1.38. The van der Waals surface area contributed by atoms with Crippen LogP contribution in [0.15, 0.2) is 64.4 Å². The van der Waals surface area contributed by atoms with E-state index in [9.17, 15) is 13.2 Å². The van der Waals surface area contributed by atoms with E-state index in [0.29, 0.717) is 11.2 Å². The zero-order valence-electron chi connectivity index (χ0n) is 14.1. The fraction of sp³-hybridized carbons (Fsp3) is 0. The van der Waals surface area contributed by atoms with E-state index >= 15 is 0 Å². The van der Waals surface area contributed by atoms with Gasteiger partial charge in [-0.25, -0.2) is 18.5 Å². The molecule has 2 heterocycles. The largest absolute Gasteiger partial charge is 0.353 e. The van der Waals surface area contributed by atoms with Gasteiger partial charge in [0, 0.05) is 5.69 Å². The standard InChI is InChI=1S/C17H13ClN6O3S/c18-15-14(21-10-5-7-11(8-6-10)28(19,26)27)9-20-24(16(15)25)17-22-12-3-1-2-4-13(12)23-17/h1-9,21H,(H,22,23)(H2,19,26,27). The van der Waals surface area contributed by atoms with E-state index in [1.54, 1.807) is 0 Å². The molecule has 2 aromatic carbocycles. The number of nitrogens with one attached hydrogen (secondary N) is 2. The number of H-pyrrole nitrogens is 1. The molecule has 142 valence electrons. The van der Waals surface area contributed by atoms with Crippen LogP contribution in [0.5, 0.6) is 0 Å². The number of anilines is 2. The first-order valence-corrected chi connectivity index (χ1v) is 9.88. The van der Waals surface area contributed by atoms with Crippen LogP contribution in [0.3, 0.4) is 0 Å². The number of nitrogens with zero attached hydrogens (tertiary/aromatic N) is 3. The second-order valence-electron chi connectivity index (χ2n) is 5.86. The number of hydrogen-bond donors (Lipinski definition) is 3. The van der Waals surface area contributed by atoms with Gasteiger partial charge in [-0.3, -0.25) is 4.79 Å². The minimum Gasteiger partial charge on any atom is -0.353 e. The number of sulfonamides is 1. The predicted octanol–water partition coefficient (Wildman–Crippen LogP) is 2.15. The quantitative estimate of drug-likeness (QED) is 0.466. The maximum absolute atomic E-state index is 12.6. The zero-order valence-corrected chi connectivity index (χ0v) is 15.7. The molecule has 0 saturated heterocycles. The van der Waals surface area contributed by atoms with Gasteiger partial charge < -0.3 is 10.3 Å². The van der Waals surface area contributed by atoms with Gasteiger partial charge >= 0.3 is 0 Å². The van der Waals surface area contributed by atoms with Crippen LogP contribution in [0.25, 0.3) is 17.0 Å². The Morgan fingerprint density at radius 1 is 1.11 bits per heavy atom. The maximum atomic E-state index is 12.6. The number of imidazole rings is 1. The highest BCUT2D eigenvalue weighted by atomic mass is 35.5. The molecule has 0 saturated carbocycles. The smallest absolute Gasteiger partial charge is 0.295 e. The van der Waals surface area contributed by atoms with E-state index < -0.39 is 15.6 Å². The molecule has 4 aromatic rings. The number of aromatic amines is 1. The summed E-state index contributed by atoms with van der Waals surface area (Å²) in [5, 5.41) is 12.0. The third-order valence-electron chi connectivity index (χ3n) is 3.96. The minimum absolute atomic E-state index is 0.0254. The highest BCUT2D eigenvalue weighted by molar-refractivity contribution is 7.89. The van der Waals surface area contributed by atoms with Crippen LogP contribution >= 0.6 is 11.6 Å². The van der Waals surface area contributed by atoms with Crippen LogP contribution < -0.4 is 16.0 Å². The zero-order chi connectivity index (χ0) is 19.9. The number of rotatable bonds is 4. The van der Waals surface area contributed by atoms with Gasteiger partial charge in [-0.2, -0.15) is 9.78 Å². The summed E-state index contributed by atoms with van der Waals surface area (Å²) in [6.45, 7) is 0. The number of nitrogens with two attached hydrogens (primary N) is 1. The molecule has 0 spiro atoms. The molecular weight excluding hydrogens is 404 g/mol. The van der Waals surface area contributed by atoms with E-state index in [1.165, 1.54) is 30.5 Å². The molecule has 0 aliphatic rings. The lowest BCUT2D eigenvalue weighted by Gasteiger charge is -2.09. The van der Waals surface area contributed by atoms with Gasteiger partial charge in [0.15, 0.2) is 0 Å². The Kier molecular flexibility index (Phi) is 4.38. The topological polar surface area (TPSA) is 136 Å². The molecular formula is C17H13ClN6O3S. The van der Waals surface area contributed by atoms with Crippen molar-refractivity contribution in [3.8, 4) is 5.95 Å². The van der Waals surface area contributed by atoms with Crippen LogP contribution in [-0.4, -0.2) is 28.2 Å². The Hall–Kier alpha value is -3.21. The summed E-state index contributed by atoms with van der Waals surface area (Å²) in [4.78, 5) is 19.9. The first kappa shape index (κ1) is 18.2. The van der Waals surface area contributed by atoms with Gasteiger partial charge in [-0.05, 0) is 36.4 Å². The van der Waals surface area contributed by atoms with Crippen molar-refractivity contribution in [3.05, 3.63) is 70.1 Å². The predicted molar refractivity (Wildman–Crippen MR) is 106 cm³/mol. The van der Waals surface area contributed by atoms with Gasteiger partial charge in [0.05, 0.1) is 27.8 Å². The average molecular weight is 417 g/mol. The van der Waals surface area contributed by atoms with Gasteiger partial charge in [0.1, 0.15) is 5.02 Å². The average Bonchev–Trinajstić information content (AvgIpc) is 3.09. The minimum atomic E-state index is -3.78. The lowest BCUT2D eigenvalue weighted by Crippen LogP contribution is -2.23. The molecule has 11 heteroatoms. The van der Waals surface area contributed by atoms with Crippen molar-refractivity contribution in [2.45, 2.75) is 4.90 Å². The first-order chi connectivity index (χ1) is 13.3. The van der Waals surface area contributed by atoms with Crippen LogP contribution in [0, 0.1) is 0 Å². The summed E-state index contributed by atoms with van der Waals surface area (Å²) < 4.78 is 23.7. The van der Waals surface area contributed by atoms with E-state index in [0.717, 1.165) is 10.2 Å². The van der Waals surface area contributed by atoms with Crippen molar-refractivity contribution >= 4 is 44.0 Å². The Balaban J connectivity index is 1.67. The Morgan fingerprint density at radius 3 is 2.50 bits per heavy atom. The van der Waals surface area contributed by atoms with Gasteiger partial charge in [-0.1, -0.05) is 23.7 Å². The normalized spacial score (nSPS) is 11.6. The number of hydrogen-bond acceptors (Lipinski definition) is 6. The molecule has 0 aliphatic heterocycles. The molecule has 9 nitrogen and oxygen atoms in total.